The summed E-state index contributed by atoms with van der Waals surface area (Å²) in [6.45, 7) is 11.9. The Balaban J connectivity index is 2.56. The molecule has 0 radical (unpaired) electrons. The van der Waals surface area contributed by atoms with Crippen LogP contribution in [0.4, 0.5) is 0 Å². The van der Waals surface area contributed by atoms with Crippen molar-refractivity contribution in [2.75, 3.05) is 39.8 Å². The van der Waals surface area contributed by atoms with E-state index in [9.17, 15) is 9.90 Å². The number of rotatable bonds is 6. The van der Waals surface area contributed by atoms with Gasteiger partial charge >= 0.3 is 0 Å². The molecule has 0 aromatic rings. The Bertz CT molecular complexity index is 319. The SMILES string of the molecule is CCC(O)(CC)CNC(=O)C(C)(C)N1CCN(C)CC1. The summed E-state index contributed by atoms with van der Waals surface area (Å²) in [5.41, 5.74) is -1.31. The van der Waals surface area contributed by atoms with Gasteiger partial charge in [-0.15, -0.1) is 0 Å². The lowest BCUT2D eigenvalue weighted by molar-refractivity contribution is -0.134. The molecule has 5 heteroatoms. The molecule has 1 fully saturated rings. The van der Waals surface area contributed by atoms with Crippen molar-refractivity contribution in [3.63, 3.8) is 0 Å². The second-order valence-electron chi connectivity index (χ2n) is 6.46. The van der Waals surface area contributed by atoms with E-state index < -0.39 is 11.1 Å². The predicted molar refractivity (Wildman–Crippen MR) is 81.7 cm³/mol. The summed E-state index contributed by atoms with van der Waals surface area (Å²) < 4.78 is 0. The molecule has 118 valence electrons. The smallest absolute Gasteiger partial charge is 0.240 e. The molecule has 0 aliphatic carbocycles. The largest absolute Gasteiger partial charge is 0.388 e. The number of amides is 1. The quantitative estimate of drug-likeness (QED) is 0.753. The molecule has 1 aliphatic rings. The lowest BCUT2D eigenvalue weighted by Gasteiger charge is -2.42. The minimum absolute atomic E-state index is 0.00220. The first-order valence-electron chi connectivity index (χ1n) is 7.69. The highest BCUT2D eigenvalue weighted by Gasteiger charge is 2.36. The van der Waals surface area contributed by atoms with Gasteiger partial charge in [-0.25, -0.2) is 0 Å². The third kappa shape index (κ3) is 4.17. The highest BCUT2D eigenvalue weighted by Crippen LogP contribution is 2.18. The van der Waals surface area contributed by atoms with Crippen LogP contribution >= 0.6 is 0 Å². The highest BCUT2D eigenvalue weighted by atomic mass is 16.3. The van der Waals surface area contributed by atoms with E-state index >= 15 is 0 Å². The van der Waals surface area contributed by atoms with Crippen molar-refractivity contribution in [1.29, 1.82) is 0 Å². The van der Waals surface area contributed by atoms with Crippen LogP contribution in [-0.4, -0.2) is 71.7 Å². The molecule has 1 aliphatic heterocycles. The number of nitrogens with one attached hydrogen (secondary N) is 1. The second kappa shape index (κ2) is 6.87. The van der Waals surface area contributed by atoms with Gasteiger partial charge in [0.05, 0.1) is 11.1 Å². The van der Waals surface area contributed by atoms with E-state index in [0.29, 0.717) is 19.4 Å². The van der Waals surface area contributed by atoms with Crippen LogP contribution in [0.25, 0.3) is 0 Å². The molecule has 1 rings (SSSR count). The van der Waals surface area contributed by atoms with E-state index in [4.69, 9.17) is 0 Å². The number of hydrogen-bond acceptors (Lipinski definition) is 4. The van der Waals surface area contributed by atoms with Crippen LogP contribution in [0.3, 0.4) is 0 Å². The Hall–Kier alpha value is -0.650. The molecule has 0 atom stereocenters. The van der Waals surface area contributed by atoms with Crippen molar-refractivity contribution in [3.05, 3.63) is 0 Å². The summed E-state index contributed by atoms with van der Waals surface area (Å²) in [5.74, 6) is 0.00220. The third-order valence-corrected chi connectivity index (χ3v) is 4.74. The summed E-state index contributed by atoms with van der Waals surface area (Å²) in [7, 11) is 2.10. The number of piperazine rings is 1. The van der Waals surface area contributed by atoms with E-state index in [1.807, 2.05) is 27.7 Å². The Kier molecular flexibility index (Phi) is 5.98. The van der Waals surface area contributed by atoms with Crippen molar-refractivity contribution in [2.45, 2.75) is 51.7 Å². The lowest BCUT2D eigenvalue weighted by atomic mass is 9.95. The number of hydrogen-bond donors (Lipinski definition) is 2. The van der Waals surface area contributed by atoms with Gasteiger partial charge in [0, 0.05) is 32.7 Å². The van der Waals surface area contributed by atoms with Crippen LogP contribution in [0.1, 0.15) is 40.5 Å². The normalized spacial score (nSPS) is 19.1. The molecule has 0 saturated carbocycles. The number of carbonyl (C=O) groups is 1. The molecule has 5 nitrogen and oxygen atoms in total. The van der Waals surface area contributed by atoms with Gasteiger partial charge in [0.2, 0.25) is 5.91 Å². The standard InChI is InChI=1S/C15H31N3O2/c1-6-15(20,7-2)12-16-13(19)14(3,4)18-10-8-17(5)9-11-18/h20H,6-12H2,1-5H3,(H,16,19). The molecular weight excluding hydrogens is 254 g/mol. The Morgan fingerprint density at radius 2 is 1.65 bits per heavy atom. The average Bonchev–Trinajstić information content (AvgIpc) is 2.44. The van der Waals surface area contributed by atoms with Crippen LogP contribution < -0.4 is 5.32 Å². The Labute approximate surface area is 123 Å². The summed E-state index contributed by atoms with van der Waals surface area (Å²) in [6.07, 6.45) is 1.30. The monoisotopic (exact) mass is 285 g/mol. The minimum atomic E-state index is -0.784. The van der Waals surface area contributed by atoms with Crippen LogP contribution in [0.5, 0.6) is 0 Å². The fraction of sp³-hybridized carbons (Fsp3) is 0.933. The molecule has 1 saturated heterocycles. The van der Waals surface area contributed by atoms with Crippen molar-refractivity contribution in [3.8, 4) is 0 Å². The third-order valence-electron chi connectivity index (χ3n) is 4.74. The molecule has 0 aromatic carbocycles. The van der Waals surface area contributed by atoms with Crippen LogP contribution in [0.2, 0.25) is 0 Å². The van der Waals surface area contributed by atoms with E-state index in [0.717, 1.165) is 26.2 Å². The zero-order valence-corrected chi connectivity index (χ0v) is 13.7. The molecule has 1 amide bonds. The molecule has 2 N–H and O–H groups in total. The molecule has 20 heavy (non-hydrogen) atoms. The van der Waals surface area contributed by atoms with Gasteiger partial charge in [0.1, 0.15) is 0 Å². The zero-order chi connectivity index (χ0) is 15.4. The van der Waals surface area contributed by atoms with Gasteiger partial charge in [-0.1, -0.05) is 13.8 Å². The van der Waals surface area contributed by atoms with Crippen LogP contribution in [0, 0.1) is 0 Å². The molecule has 0 bridgehead atoms. The van der Waals surface area contributed by atoms with Gasteiger partial charge in [0.15, 0.2) is 0 Å². The van der Waals surface area contributed by atoms with Gasteiger partial charge in [0.25, 0.3) is 0 Å². The second-order valence-corrected chi connectivity index (χ2v) is 6.46. The summed E-state index contributed by atoms with van der Waals surface area (Å²) in [5, 5.41) is 13.2. The maximum atomic E-state index is 12.4. The topological polar surface area (TPSA) is 55.8 Å². The lowest BCUT2D eigenvalue weighted by Crippen LogP contribution is -2.61. The summed E-state index contributed by atoms with van der Waals surface area (Å²) >= 11 is 0. The van der Waals surface area contributed by atoms with Gasteiger partial charge in [-0.05, 0) is 33.7 Å². The fourth-order valence-corrected chi connectivity index (χ4v) is 2.47. The first kappa shape index (κ1) is 17.4. The van der Waals surface area contributed by atoms with Crippen LogP contribution in [0.15, 0.2) is 0 Å². The van der Waals surface area contributed by atoms with E-state index in [1.54, 1.807) is 0 Å². The number of likely N-dealkylation sites (N-methyl/N-ethyl adjacent to an activating group) is 1. The van der Waals surface area contributed by atoms with Crippen molar-refractivity contribution >= 4 is 5.91 Å². The minimum Gasteiger partial charge on any atom is -0.388 e. The van der Waals surface area contributed by atoms with E-state index in [2.05, 4.69) is 22.2 Å². The average molecular weight is 285 g/mol. The van der Waals surface area contributed by atoms with Gasteiger partial charge < -0.3 is 15.3 Å². The zero-order valence-electron chi connectivity index (χ0n) is 13.7. The first-order chi connectivity index (χ1) is 9.25. The van der Waals surface area contributed by atoms with E-state index in [-0.39, 0.29) is 5.91 Å². The van der Waals surface area contributed by atoms with Crippen molar-refractivity contribution < 1.29 is 9.90 Å². The van der Waals surface area contributed by atoms with Gasteiger partial charge in [-0.3, -0.25) is 9.69 Å². The number of aliphatic hydroxyl groups is 1. The molecule has 1 heterocycles. The summed E-state index contributed by atoms with van der Waals surface area (Å²) in [6, 6.07) is 0. The Morgan fingerprint density at radius 3 is 2.10 bits per heavy atom. The maximum absolute atomic E-state index is 12.4. The molecule has 0 aromatic heterocycles. The maximum Gasteiger partial charge on any atom is 0.240 e. The van der Waals surface area contributed by atoms with Crippen molar-refractivity contribution in [2.24, 2.45) is 0 Å². The molecule has 0 spiro atoms. The number of carbonyl (C=O) groups excluding carboxylic acids is 1. The summed E-state index contributed by atoms with van der Waals surface area (Å²) in [4.78, 5) is 16.9. The predicted octanol–water partition coefficient (Wildman–Crippen LogP) is 0.680. The van der Waals surface area contributed by atoms with Crippen LogP contribution in [-0.2, 0) is 4.79 Å². The van der Waals surface area contributed by atoms with Crippen molar-refractivity contribution in [1.82, 2.24) is 15.1 Å². The highest BCUT2D eigenvalue weighted by molar-refractivity contribution is 5.85. The number of nitrogens with zero attached hydrogens (tertiary/aromatic N) is 2. The Morgan fingerprint density at radius 1 is 1.15 bits per heavy atom. The van der Waals surface area contributed by atoms with E-state index in [1.165, 1.54) is 0 Å². The molecule has 0 unspecified atom stereocenters. The molecular formula is C15H31N3O2. The fourth-order valence-electron chi connectivity index (χ4n) is 2.47. The first-order valence-corrected chi connectivity index (χ1v) is 7.69. The van der Waals surface area contributed by atoms with Gasteiger partial charge in [-0.2, -0.15) is 0 Å².